The smallest absolute Gasteiger partial charge is 0.0569 e. The van der Waals surface area contributed by atoms with Crippen LogP contribution in [0.5, 0.6) is 0 Å². The van der Waals surface area contributed by atoms with Crippen LogP contribution in [-0.4, -0.2) is 0 Å². The first-order valence-electron chi connectivity index (χ1n) is 5.62. The molecule has 0 unspecified atom stereocenters. The van der Waals surface area contributed by atoms with Crippen LogP contribution in [0, 0.1) is 0 Å². The van der Waals surface area contributed by atoms with E-state index in [2.05, 4.69) is 59.6 Å². The molecule has 0 saturated carbocycles. The average Bonchev–Trinajstić information content (AvgIpc) is 2.36. The van der Waals surface area contributed by atoms with Crippen LogP contribution in [0.15, 0.2) is 60.0 Å². The summed E-state index contributed by atoms with van der Waals surface area (Å²) < 4.78 is 0. The van der Waals surface area contributed by atoms with Gasteiger partial charge < -0.3 is 4.90 Å². The molecule has 1 nitrogen and oxygen atoms in total. The number of rotatable bonds is 0. The van der Waals surface area contributed by atoms with Gasteiger partial charge in [-0.05, 0) is 35.8 Å². The summed E-state index contributed by atoms with van der Waals surface area (Å²) in [5, 5.41) is 0. The lowest BCUT2D eigenvalue weighted by molar-refractivity contribution is 1.03. The molecule has 0 fully saturated rings. The Bertz CT molecular complexity index is 600. The van der Waals surface area contributed by atoms with Gasteiger partial charge in [0.1, 0.15) is 0 Å². The first-order valence-corrected chi connectivity index (χ1v) is 5.62. The highest BCUT2D eigenvalue weighted by Crippen LogP contribution is 2.41. The van der Waals surface area contributed by atoms with Gasteiger partial charge in [0.25, 0.3) is 0 Å². The molecule has 0 saturated heterocycles. The standard InChI is InChI=1S/C15H11N/c1-3-11-7-9-13-5-2-6-14-10-8-12(4-1)15(11)16(13)14/h1-7,9-10H,8H2. The van der Waals surface area contributed by atoms with Crippen molar-refractivity contribution in [2.24, 2.45) is 0 Å². The minimum atomic E-state index is 1.04. The highest BCUT2D eigenvalue weighted by molar-refractivity contribution is 5.84. The number of hydrogen-bond acceptors (Lipinski definition) is 1. The third-order valence-corrected chi connectivity index (χ3v) is 3.39. The van der Waals surface area contributed by atoms with Crippen molar-refractivity contribution in [1.82, 2.24) is 0 Å². The summed E-state index contributed by atoms with van der Waals surface area (Å²) in [7, 11) is 0. The highest BCUT2D eigenvalue weighted by atomic mass is 15.2. The topological polar surface area (TPSA) is 3.24 Å². The molecule has 0 aromatic heterocycles. The number of benzene rings is 1. The van der Waals surface area contributed by atoms with Gasteiger partial charge in [-0.1, -0.05) is 36.4 Å². The van der Waals surface area contributed by atoms with E-state index in [1.165, 1.54) is 28.2 Å². The van der Waals surface area contributed by atoms with Crippen LogP contribution in [0.3, 0.4) is 0 Å². The van der Waals surface area contributed by atoms with E-state index in [0.29, 0.717) is 0 Å². The van der Waals surface area contributed by atoms with Crippen molar-refractivity contribution < 1.29 is 0 Å². The summed E-state index contributed by atoms with van der Waals surface area (Å²) in [4.78, 5) is 2.36. The van der Waals surface area contributed by atoms with E-state index in [-0.39, 0.29) is 0 Å². The fraction of sp³-hybridized carbons (Fsp3) is 0.0667. The maximum Gasteiger partial charge on any atom is 0.0569 e. The number of para-hydroxylation sites is 1. The molecule has 0 N–H and O–H groups in total. The second kappa shape index (κ2) is 2.76. The Morgan fingerprint density at radius 1 is 1.00 bits per heavy atom. The molecule has 0 atom stereocenters. The summed E-state index contributed by atoms with van der Waals surface area (Å²) in [6.45, 7) is 0. The minimum Gasteiger partial charge on any atom is -0.310 e. The van der Waals surface area contributed by atoms with Crippen LogP contribution in [0.25, 0.3) is 6.08 Å². The lowest BCUT2D eigenvalue weighted by atomic mass is 9.93. The molecule has 0 bridgehead atoms. The lowest BCUT2D eigenvalue weighted by Crippen LogP contribution is -2.28. The Morgan fingerprint density at radius 2 is 2.00 bits per heavy atom. The van der Waals surface area contributed by atoms with Gasteiger partial charge in [0.05, 0.1) is 5.69 Å². The molecule has 1 heteroatoms. The molecule has 3 aliphatic heterocycles. The van der Waals surface area contributed by atoms with Gasteiger partial charge in [-0.3, -0.25) is 0 Å². The van der Waals surface area contributed by atoms with Crippen molar-refractivity contribution in [3.63, 3.8) is 0 Å². The predicted molar refractivity (Wildman–Crippen MR) is 67.0 cm³/mol. The maximum atomic E-state index is 2.36. The second-order valence-electron chi connectivity index (χ2n) is 4.31. The molecule has 0 amide bonds. The maximum absolute atomic E-state index is 2.36. The van der Waals surface area contributed by atoms with Crippen molar-refractivity contribution in [2.45, 2.75) is 6.42 Å². The Morgan fingerprint density at radius 3 is 3.00 bits per heavy atom. The molecular weight excluding hydrogens is 194 g/mol. The number of allylic oxidation sites excluding steroid dienone is 5. The quantitative estimate of drug-likeness (QED) is 0.627. The zero-order valence-corrected chi connectivity index (χ0v) is 8.85. The van der Waals surface area contributed by atoms with E-state index in [9.17, 15) is 0 Å². The van der Waals surface area contributed by atoms with Crippen LogP contribution >= 0.6 is 0 Å². The van der Waals surface area contributed by atoms with Crippen LogP contribution in [-0.2, 0) is 6.42 Å². The van der Waals surface area contributed by atoms with Gasteiger partial charge in [-0.25, -0.2) is 0 Å². The van der Waals surface area contributed by atoms with Gasteiger partial charge >= 0.3 is 0 Å². The third kappa shape index (κ3) is 0.904. The van der Waals surface area contributed by atoms with Gasteiger partial charge in [0.2, 0.25) is 0 Å². The summed E-state index contributed by atoms with van der Waals surface area (Å²) in [5.41, 5.74) is 6.70. The molecule has 0 aliphatic carbocycles. The Kier molecular flexibility index (Phi) is 1.41. The minimum absolute atomic E-state index is 1.04. The van der Waals surface area contributed by atoms with E-state index in [0.717, 1.165) is 6.42 Å². The SMILES string of the molecule is C1=CC2=CCc3cccc4c3N2C(=C1)C=C4. The summed E-state index contributed by atoms with van der Waals surface area (Å²) in [6.07, 6.45) is 14.2. The van der Waals surface area contributed by atoms with Gasteiger partial charge in [0.15, 0.2) is 0 Å². The van der Waals surface area contributed by atoms with E-state index in [1.54, 1.807) is 0 Å². The second-order valence-corrected chi connectivity index (χ2v) is 4.31. The lowest BCUT2D eigenvalue weighted by Gasteiger charge is -2.37. The molecule has 16 heavy (non-hydrogen) atoms. The van der Waals surface area contributed by atoms with Crippen LogP contribution in [0.1, 0.15) is 11.1 Å². The van der Waals surface area contributed by atoms with E-state index in [1.807, 2.05) is 0 Å². The number of hydrogen-bond donors (Lipinski definition) is 0. The summed E-state index contributed by atoms with van der Waals surface area (Å²) in [5.74, 6) is 0. The number of nitrogens with zero attached hydrogens (tertiary/aromatic N) is 1. The van der Waals surface area contributed by atoms with Crippen LogP contribution < -0.4 is 4.90 Å². The fourth-order valence-corrected chi connectivity index (χ4v) is 2.66. The fourth-order valence-electron chi connectivity index (χ4n) is 2.66. The van der Waals surface area contributed by atoms with Crippen molar-refractivity contribution in [1.29, 1.82) is 0 Å². The van der Waals surface area contributed by atoms with Crippen LogP contribution in [0.4, 0.5) is 5.69 Å². The van der Waals surface area contributed by atoms with E-state index >= 15 is 0 Å². The number of anilines is 1. The molecule has 76 valence electrons. The average molecular weight is 205 g/mol. The van der Waals surface area contributed by atoms with Gasteiger partial charge in [0, 0.05) is 11.4 Å². The molecule has 0 radical (unpaired) electrons. The van der Waals surface area contributed by atoms with E-state index < -0.39 is 0 Å². The molecule has 3 heterocycles. The summed E-state index contributed by atoms with van der Waals surface area (Å²) >= 11 is 0. The molecule has 1 aromatic carbocycles. The van der Waals surface area contributed by atoms with Crippen LogP contribution in [0.2, 0.25) is 0 Å². The first kappa shape index (κ1) is 8.17. The highest BCUT2D eigenvalue weighted by Gasteiger charge is 2.26. The normalized spacial score (nSPS) is 19.1. The zero-order chi connectivity index (χ0) is 10.5. The Hall–Kier alpha value is -2.02. The molecule has 1 aromatic rings. The van der Waals surface area contributed by atoms with Crippen molar-refractivity contribution >= 4 is 11.8 Å². The molecule has 3 aliphatic rings. The third-order valence-electron chi connectivity index (χ3n) is 3.39. The monoisotopic (exact) mass is 205 g/mol. The largest absolute Gasteiger partial charge is 0.310 e. The van der Waals surface area contributed by atoms with Crippen molar-refractivity contribution in [2.75, 3.05) is 4.90 Å². The zero-order valence-electron chi connectivity index (χ0n) is 8.85. The van der Waals surface area contributed by atoms with Crippen molar-refractivity contribution in [3.05, 3.63) is 71.1 Å². The Balaban J connectivity index is 2.09. The summed E-state index contributed by atoms with van der Waals surface area (Å²) in [6, 6.07) is 6.56. The Labute approximate surface area is 94.7 Å². The molecule has 0 spiro atoms. The van der Waals surface area contributed by atoms with Gasteiger partial charge in [-0.2, -0.15) is 0 Å². The van der Waals surface area contributed by atoms with Gasteiger partial charge in [-0.15, -0.1) is 0 Å². The molecular formula is C15H11N. The van der Waals surface area contributed by atoms with Crippen molar-refractivity contribution in [3.8, 4) is 0 Å². The van der Waals surface area contributed by atoms with E-state index in [4.69, 9.17) is 0 Å². The predicted octanol–water partition coefficient (Wildman–Crippen LogP) is 3.41. The molecule has 4 rings (SSSR count). The first-order chi connectivity index (χ1) is 7.93.